The van der Waals surface area contributed by atoms with Crippen molar-refractivity contribution in [3.05, 3.63) is 95.8 Å². The van der Waals surface area contributed by atoms with Gasteiger partial charge in [0.05, 0.1) is 91.4 Å². The molecule has 2 heterocycles. The molecular formula is C46H42F8N6O8S2. The number of sulfone groups is 2. The second-order valence-corrected chi connectivity index (χ2v) is 21.9. The molecule has 2 aromatic carbocycles. The molecule has 4 aliphatic rings. The Bertz CT molecular complexity index is 2770. The number of pyridine rings is 2. The van der Waals surface area contributed by atoms with Crippen LogP contribution in [0.25, 0.3) is 22.5 Å². The molecule has 14 nitrogen and oxygen atoms in total. The maximum Gasteiger partial charge on any atom is 0.417 e. The minimum atomic E-state index is -5.00. The van der Waals surface area contributed by atoms with Crippen LogP contribution in [-0.4, -0.2) is 86.6 Å². The van der Waals surface area contributed by atoms with Gasteiger partial charge in [-0.25, -0.2) is 25.6 Å². The second kappa shape index (κ2) is 19.3. The minimum absolute atomic E-state index is 0.0269. The molecule has 4 aliphatic carbocycles. The van der Waals surface area contributed by atoms with E-state index >= 15 is 0 Å². The van der Waals surface area contributed by atoms with Gasteiger partial charge >= 0.3 is 12.4 Å². The third-order valence-electron chi connectivity index (χ3n) is 13.0. The van der Waals surface area contributed by atoms with Gasteiger partial charge in [-0.1, -0.05) is 12.1 Å². The average molecular weight is 1020 g/mol. The Hall–Kier alpha value is -6.08. The average Bonchev–Trinajstić information content (AvgIpc) is 4.17. The smallest absolute Gasteiger partial charge is 0.381 e. The fourth-order valence-electron chi connectivity index (χ4n) is 8.70. The minimum Gasteiger partial charge on any atom is -0.381 e. The van der Waals surface area contributed by atoms with E-state index in [9.17, 15) is 72.1 Å². The molecule has 0 unspecified atom stereocenters. The van der Waals surface area contributed by atoms with Crippen LogP contribution in [0.3, 0.4) is 0 Å². The van der Waals surface area contributed by atoms with Crippen LogP contribution in [0.5, 0.6) is 0 Å². The van der Waals surface area contributed by atoms with Crippen molar-refractivity contribution in [2.24, 2.45) is 11.8 Å². The van der Waals surface area contributed by atoms with E-state index in [1.807, 2.05) is 12.1 Å². The molecule has 0 bridgehead atoms. The Labute approximate surface area is 396 Å². The van der Waals surface area contributed by atoms with Crippen molar-refractivity contribution in [2.75, 3.05) is 14.2 Å². The number of benzene rings is 2. The van der Waals surface area contributed by atoms with Crippen molar-refractivity contribution in [3.8, 4) is 34.7 Å². The lowest BCUT2D eigenvalue weighted by Gasteiger charge is -2.19. The third kappa shape index (κ3) is 10.8. The van der Waals surface area contributed by atoms with Crippen molar-refractivity contribution < 1.29 is 71.0 Å². The van der Waals surface area contributed by atoms with Gasteiger partial charge in [-0.3, -0.25) is 19.6 Å². The first-order valence-corrected chi connectivity index (χ1v) is 24.6. The highest BCUT2D eigenvalue weighted by Gasteiger charge is 2.53. The number of nitrogens with zero attached hydrogens (tertiary/aromatic N) is 4. The summed E-state index contributed by atoms with van der Waals surface area (Å²) in [7, 11) is -6.46. The van der Waals surface area contributed by atoms with Gasteiger partial charge in [0.1, 0.15) is 22.7 Å². The van der Waals surface area contributed by atoms with Crippen molar-refractivity contribution in [3.63, 3.8) is 0 Å². The molecular weight excluding hydrogens is 981 g/mol. The quantitative estimate of drug-likeness (QED) is 0.134. The first-order chi connectivity index (χ1) is 32.8. The molecule has 0 saturated heterocycles. The summed E-state index contributed by atoms with van der Waals surface area (Å²) < 4.78 is 174. The number of carbonyl (C=O) groups is 2. The number of aromatic nitrogens is 2. The van der Waals surface area contributed by atoms with Crippen LogP contribution >= 0.6 is 0 Å². The number of amides is 2. The highest BCUT2D eigenvalue weighted by Crippen LogP contribution is 2.45. The van der Waals surface area contributed by atoms with Gasteiger partial charge in [0, 0.05) is 25.3 Å². The van der Waals surface area contributed by atoms with E-state index in [4.69, 9.17) is 9.47 Å². The number of nitrogens with one attached hydrogen (secondary N) is 2. The predicted octanol–water partition coefficient (Wildman–Crippen LogP) is 7.29. The molecule has 2 amide bonds. The van der Waals surface area contributed by atoms with Gasteiger partial charge in [-0.2, -0.15) is 36.9 Å². The zero-order valence-corrected chi connectivity index (χ0v) is 38.6. The molecule has 372 valence electrons. The summed E-state index contributed by atoms with van der Waals surface area (Å²) in [6.07, 6.45) is -8.89. The van der Waals surface area contributed by atoms with Gasteiger partial charge < -0.3 is 20.1 Å². The summed E-state index contributed by atoms with van der Waals surface area (Å²) >= 11 is 0. The Morgan fingerprint density at radius 3 is 1.24 bits per heavy atom. The normalized spacial score (nSPS) is 23.5. The number of alkyl halides is 6. The highest BCUT2D eigenvalue weighted by molar-refractivity contribution is 7.92. The van der Waals surface area contributed by atoms with E-state index in [2.05, 4.69) is 20.6 Å². The number of methoxy groups -OCH3 is 2. The van der Waals surface area contributed by atoms with Crippen LogP contribution in [0.2, 0.25) is 0 Å². The van der Waals surface area contributed by atoms with Crippen LogP contribution in [0, 0.1) is 46.1 Å². The summed E-state index contributed by atoms with van der Waals surface area (Å²) in [6, 6.07) is 13.9. The lowest BCUT2D eigenvalue weighted by Crippen LogP contribution is -2.42. The van der Waals surface area contributed by atoms with Crippen LogP contribution in [0.4, 0.5) is 35.1 Å². The molecule has 2 aromatic heterocycles. The van der Waals surface area contributed by atoms with Gasteiger partial charge in [-0.05, 0) is 99.9 Å². The van der Waals surface area contributed by atoms with Crippen molar-refractivity contribution >= 4 is 31.5 Å². The largest absolute Gasteiger partial charge is 0.417 e. The maximum absolute atomic E-state index is 13.9. The molecule has 2 N–H and O–H groups in total. The van der Waals surface area contributed by atoms with Crippen LogP contribution < -0.4 is 10.6 Å². The molecule has 0 radical (unpaired) electrons. The predicted molar refractivity (Wildman–Crippen MR) is 230 cm³/mol. The molecule has 24 heteroatoms. The molecule has 70 heavy (non-hydrogen) atoms. The first-order valence-electron chi connectivity index (χ1n) is 21.5. The molecule has 6 atom stereocenters. The summed E-state index contributed by atoms with van der Waals surface area (Å²) in [6.45, 7) is 0. The maximum atomic E-state index is 13.9. The summed E-state index contributed by atoms with van der Waals surface area (Å²) in [5.41, 5.74) is -4.65. The lowest BCUT2D eigenvalue weighted by molar-refractivity contribution is -0.140. The number of rotatable bonds is 12. The Morgan fingerprint density at radius 2 is 0.971 bits per heavy atom. The number of hydrogen-bond acceptors (Lipinski definition) is 12. The number of nitriles is 2. The van der Waals surface area contributed by atoms with E-state index in [0.29, 0.717) is 37.8 Å². The molecule has 4 saturated carbocycles. The summed E-state index contributed by atoms with van der Waals surface area (Å²) in [5.74, 6) is -4.30. The molecule has 0 spiro atoms. The van der Waals surface area contributed by atoms with Crippen molar-refractivity contribution in [1.29, 1.82) is 10.5 Å². The number of ether oxygens (including phenoxy) is 2. The Kier molecular flexibility index (Phi) is 14.2. The first kappa shape index (κ1) is 51.8. The second-order valence-electron chi connectivity index (χ2n) is 17.5. The Balaban J connectivity index is 0.000000206. The van der Waals surface area contributed by atoms with E-state index < -0.39 is 122 Å². The van der Waals surface area contributed by atoms with E-state index in [1.165, 1.54) is 38.5 Å². The standard InChI is InChI=1S/2C23H21F4N3O4S/c2*1-34-19-10-15(9-16(19)21(31)30-22(12-28)6-7-22)35(32,33)20-5-2-13(8-17(20)23(25,26)27)18-4-3-14(24)11-29-18/h2*2-5,8,11,15-16,19H,6-7,9-10H2,1H3,(H,30,31)/t2*15-,16-,19-/m10/s1. The Morgan fingerprint density at radius 1 is 0.614 bits per heavy atom. The van der Waals surface area contributed by atoms with Crippen LogP contribution in [0.15, 0.2) is 82.8 Å². The van der Waals surface area contributed by atoms with Gasteiger partial charge in [0.25, 0.3) is 0 Å². The van der Waals surface area contributed by atoms with E-state index in [-0.39, 0.29) is 48.2 Å². The van der Waals surface area contributed by atoms with Crippen molar-refractivity contribution in [2.45, 2.75) is 107 Å². The van der Waals surface area contributed by atoms with Crippen LogP contribution in [0.1, 0.15) is 62.5 Å². The third-order valence-corrected chi connectivity index (χ3v) is 17.4. The monoisotopic (exact) mass is 1020 g/mol. The summed E-state index contributed by atoms with van der Waals surface area (Å²) in [5, 5.41) is 21.0. The van der Waals surface area contributed by atoms with Gasteiger partial charge in [-0.15, -0.1) is 0 Å². The fourth-order valence-corrected chi connectivity index (χ4v) is 12.7. The van der Waals surface area contributed by atoms with E-state index in [1.54, 1.807) is 0 Å². The van der Waals surface area contributed by atoms with Gasteiger partial charge in [0.2, 0.25) is 11.8 Å². The molecule has 8 rings (SSSR count). The summed E-state index contributed by atoms with van der Waals surface area (Å²) in [4.78, 5) is 31.2. The van der Waals surface area contributed by atoms with E-state index in [0.717, 1.165) is 36.7 Å². The fraction of sp³-hybridized carbons (Fsp3) is 0.435. The molecule has 0 aliphatic heterocycles. The number of hydrogen-bond donors (Lipinski definition) is 2. The van der Waals surface area contributed by atoms with Crippen molar-refractivity contribution in [1.82, 2.24) is 20.6 Å². The zero-order chi connectivity index (χ0) is 51.2. The lowest BCUT2D eigenvalue weighted by atomic mass is 10.0. The SMILES string of the molecule is CO[C@@H]1C[C@H](S(=O)(=O)c2ccc(-c3ccc(F)cn3)cc2C(F)(F)F)C[C@H]1C(=O)NC1(C#N)CC1.CO[C@H]1C[C@@H](S(=O)(=O)c2ccc(-c3ccc(F)cn3)cc2C(F)(F)F)C[C@@H]1C(=O)NC1(C#N)CC1. The highest BCUT2D eigenvalue weighted by atomic mass is 32.2. The molecule has 4 fully saturated rings. The zero-order valence-electron chi connectivity index (χ0n) is 36.9. The van der Waals surface area contributed by atoms with Crippen LogP contribution in [-0.2, 0) is 51.1 Å². The number of carbonyl (C=O) groups excluding carboxylic acids is 2. The topological polar surface area (TPSA) is 218 Å². The van der Waals surface area contributed by atoms with Gasteiger partial charge in [0.15, 0.2) is 19.7 Å². The number of halogens is 8. The molecule has 4 aromatic rings.